The van der Waals surface area contributed by atoms with E-state index in [0.717, 1.165) is 42.3 Å². The largest absolute Gasteiger partial charge is 0.389 e. The number of rotatable bonds is 11. The number of aromatic nitrogens is 1. The zero-order valence-corrected chi connectivity index (χ0v) is 17.9. The molecule has 1 aliphatic heterocycles. The summed E-state index contributed by atoms with van der Waals surface area (Å²) >= 11 is 0. The van der Waals surface area contributed by atoms with E-state index in [9.17, 15) is 5.11 Å². The fourth-order valence-corrected chi connectivity index (χ4v) is 3.98. The second-order valence-electron chi connectivity index (χ2n) is 8.29. The first-order chi connectivity index (χ1) is 15.2. The number of hydrogen-bond acceptors (Lipinski definition) is 7. The first-order valence-corrected chi connectivity index (χ1v) is 11.0. The molecular formula is C24H31N3O4. The van der Waals surface area contributed by atoms with Crippen LogP contribution in [0.3, 0.4) is 0 Å². The van der Waals surface area contributed by atoms with Crippen molar-refractivity contribution in [2.75, 3.05) is 57.5 Å². The van der Waals surface area contributed by atoms with Gasteiger partial charge in [0.25, 0.3) is 0 Å². The van der Waals surface area contributed by atoms with Crippen LogP contribution in [0.5, 0.6) is 0 Å². The van der Waals surface area contributed by atoms with E-state index in [1.54, 1.807) is 0 Å². The fraction of sp³-hybridized carbons (Fsp3) is 0.542. The van der Waals surface area contributed by atoms with E-state index in [1.807, 2.05) is 18.2 Å². The molecule has 1 atom stereocenters. The molecule has 0 spiro atoms. The summed E-state index contributed by atoms with van der Waals surface area (Å²) in [7, 11) is 0. The van der Waals surface area contributed by atoms with E-state index < -0.39 is 6.10 Å². The topological polar surface area (TPSA) is 71.2 Å². The predicted octanol–water partition coefficient (Wildman–Crippen LogP) is 2.40. The highest BCUT2D eigenvalue weighted by Gasteiger charge is 2.29. The molecular weight excluding hydrogens is 394 g/mol. The zero-order chi connectivity index (χ0) is 21.5. The molecule has 0 bridgehead atoms. The monoisotopic (exact) mass is 425 g/mol. The summed E-state index contributed by atoms with van der Waals surface area (Å²) in [5.41, 5.74) is 2.96. The molecule has 1 aliphatic carbocycles. The van der Waals surface area contributed by atoms with Gasteiger partial charge in [-0.2, -0.15) is 0 Å². The molecule has 0 radical (unpaired) electrons. The van der Waals surface area contributed by atoms with Crippen molar-refractivity contribution in [1.29, 1.82) is 0 Å². The Kier molecular flexibility index (Phi) is 7.60. The summed E-state index contributed by atoms with van der Waals surface area (Å²) in [6, 6.07) is 10.1. The lowest BCUT2D eigenvalue weighted by molar-refractivity contribution is 0.0251. The van der Waals surface area contributed by atoms with Crippen LogP contribution in [0.15, 0.2) is 34.9 Å². The number of hydrogen-bond donors (Lipinski definition) is 1. The number of aliphatic hydroxyl groups excluding tert-OH is 1. The molecule has 2 aliphatic rings. The van der Waals surface area contributed by atoms with Crippen molar-refractivity contribution < 1.29 is 19.1 Å². The van der Waals surface area contributed by atoms with Crippen LogP contribution in [0, 0.1) is 18.3 Å². The molecule has 2 fully saturated rings. The van der Waals surface area contributed by atoms with Crippen molar-refractivity contribution in [1.82, 2.24) is 10.1 Å². The molecule has 2 aromatic rings. The Bertz CT molecular complexity index is 853. The van der Waals surface area contributed by atoms with Crippen LogP contribution in [0.4, 0.5) is 5.88 Å². The van der Waals surface area contributed by atoms with Gasteiger partial charge >= 0.3 is 0 Å². The van der Waals surface area contributed by atoms with E-state index in [-0.39, 0.29) is 13.2 Å². The van der Waals surface area contributed by atoms with E-state index in [0.29, 0.717) is 32.2 Å². The quantitative estimate of drug-likeness (QED) is 0.438. The maximum absolute atomic E-state index is 10.5. The number of benzene rings is 1. The van der Waals surface area contributed by atoms with Crippen LogP contribution in [0.1, 0.15) is 18.4 Å². The van der Waals surface area contributed by atoms with Crippen molar-refractivity contribution in [3.8, 4) is 23.6 Å². The Labute approximate surface area is 183 Å². The van der Waals surface area contributed by atoms with Gasteiger partial charge in [-0.25, -0.2) is 0 Å². The standard InChI is InChI=1S/C24H31N3O4/c1-2-12-30-18-21(28)16-26(15-19-8-9-19)17-22-23(20-6-4-3-5-7-20)25-31-24(22)27-10-13-29-14-11-27/h1,3-7,19,21,28H,8-18H2/t21-/m0/s1. The third-order valence-corrected chi connectivity index (χ3v) is 5.67. The maximum Gasteiger partial charge on any atom is 0.232 e. The number of anilines is 1. The first-order valence-electron chi connectivity index (χ1n) is 11.0. The molecule has 1 N–H and O–H groups in total. The highest BCUT2D eigenvalue weighted by Crippen LogP contribution is 2.35. The van der Waals surface area contributed by atoms with E-state index in [4.69, 9.17) is 20.4 Å². The van der Waals surface area contributed by atoms with E-state index >= 15 is 0 Å². The molecule has 7 heteroatoms. The average molecular weight is 426 g/mol. The average Bonchev–Trinajstić information content (AvgIpc) is 3.52. The number of morpholine rings is 1. The highest BCUT2D eigenvalue weighted by molar-refractivity contribution is 5.68. The summed E-state index contributed by atoms with van der Waals surface area (Å²) in [6.45, 7) is 5.47. The first kappa shape index (κ1) is 21.8. The van der Waals surface area contributed by atoms with Gasteiger partial charge in [-0.1, -0.05) is 41.4 Å². The molecule has 1 saturated heterocycles. The lowest BCUT2D eigenvalue weighted by Crippen LogP contribution is -2.38. The van der Waals surface area contributed by atoms with Crippen molar-refractivity contribution >= 4 is 5.88 Å². The molecule has 1 aromatic heterocycles. The third kappa shape index (κ3) is 6.08. The Morgan fingerprint density at radius 3 is 2.74 bits per heavy atom. The van der Waals surface area contributed by atoms with Gasteiger partial charge in [0, 0.05) is 38.3 Å². The van der Waals surface area contributed by atoms with Gasteiger partial charge in [-0.05, 0) is 18.8 Å². The molecule has 2 heterocycles. The van der Waals surface area contributed by atoms with Gasteiger partial charge in [0.05, 0.1) is 31.5 Å². The lowest BCUT2D eigenvalue weighted by Gasteiger charge is -2.29. The Morgan fingerprint density at radius 2 is 2.03 bits per heavy atom. The Balaban J connectivity index is 1.56. The van der Waals surface area contributed by atoms with Crippen molar-refractivity contribution in [2.24, 2.45) is 5.92 Å². The molecule has 0 amide bonds. The van der Waals surface area contributed by atoms with Gasteiger partial charge in [-0.3, -0.25) is 4.90 Å². The normalized spacial score (nSPS) is 17.6. The minimum Gasteiger partial charge on any atom is -0.389 e. The van der Waals surface area contributed by atoms with Gasteiger partial charge in [0.15, 0.2) is 0 Å². The molecule has 1 aromatic carbocycles. The minimum atomic E-state index is -0.598. The Morgan fingerprint density at radius 1 is 1.26 bits per heavy atom. The van der Waals surface area contributed by atoms with Crippen LogP contribution in [0.25, 0.3) is 11.3 Å². The van der Waals surface area contributed by atoms with Crippen LogP contribution in [0.2, 0.25) is 0 Å². The summed E-state index contributed by atoms with van der Waals surface area (Å²) in [5, 5.41) is 15.0. The summed E-state index contributed by atoms with van der Waals surface area (Å²) < 4.78 is 16.7. The maximum atomic E-state index is 10.5. The van der Waals surface area contributed by atoms with Gasteiger partial charge in [0.1, 0.15) is 12.3 Å². The summed E-state index contributed by atoms with van der Waals surface area (Å²) in [4.78, 5) is 4.50. The molecule has 1 saturated carbocycles. The fourth-order valence-electron chi connectivity index (χ4n) is 3.98. The smallest absolute Gasteiger partial charge is 0.232 e. The van der Waals surface area contributed by atoms with Gasteiger partial charge in [0.2, 0.25) is 5.88 Å². The zero-order valence-electron chi connectivity index (χ0n) is 17.9. The van der Waals surface area contributed by atoms with Crippen LogP contribution < -0.4 is 4.90 Å². The molecule has 0 unspecified atom stereocenters. The second kappa shape index (κ2) is 10.8. The van der Waals surface area contributed by atoms with Gasteiger partial charge in [-0.15, -0.1) is 6.42 Å². The highest BCUT2D eigenvalue weighted by atomic mass is 16.5. The number of ether oxygens (including phenoxy) is 2. The van der Waals surface area contributed by atoms with Crippen LogP contribution in [-0.2, 0) is 16.0 Å². The SMILES string of the molecule is C#CCOC[C@@H](O)CN(Cc1c(-c2ccccc2)noc1N1CCOCC1)CC1CC1. The molecule has 31 heavy (non-hydrogen) atoms. The predicted molar refractivity (Wildman–Crippen MR) is 119 cm³/mol. The van der Waals surface area contributed by atoms with E-state index in [2.05, 4.69) is 33.0 Å². The number of nitrogens with zero attached hydrogens (tertiary/aromatic N) is 3. The molecule has 7 nitrogen and oxygen atoms in total. The lowest BCUT2D eigenvalue weighted by atomic mass is 10.1. The summed E-state index contributed by atoms with van der Waals surface area (Å²) in [5.74, 6) is 3.93. The van der Waals surface area contributed by atoms with Crippen LogP contribution in [-0.4, -0.2) is 73.9 Å². The van der Waals surface area contributed by atoms with Crippen molar-refractivity contribution in [3.05, 3.63) is 35.9 Å². The number of aliphatic hydroxyl groups is 1. The third-order valence-electron chi connectivity index (χ3n) is 5.67. The van der Waals surface area contributed by atoms with Crippen molar-refractivity contribution in [3.63, 3.8) is 0 Å². The van der Waals surface area contributed by atoms with Crippen molar-refractivity contribution in [2.45, 2.75) is 25.5 Å². The minimum absolute atomic E-state index is 0.213. The van der Waals surface area contributed by atoms with Gasteiger partial charge < -0.3 is 24.0 Å². The molecule has 166 valence electrons. The molecule has 4 rings (SSSR count). The number of terminal acetylenes is 1. The van der Waals surface area contributed by atoms with E-state index in [1.165, 1.54) is 12.8 Å². The second-order valence-corrected chi connectivity index (χ2v) is 8.29. The Hall–Kier alpha value is -2.37. The summed E-state index contributed by atoms with van der Waals surface area (Å²) in [6.07, 6.45) is 7.13. The van der Waals surface area contributed by atoms with Crippen LogP contribution >= 0.6 is 0 Å².